The van der Waals surface area contributed by atoms with Crippen LogP contribution in [-0.4, -0.2) is 0 Å². The summed E-state index contributed by atoms with van der Waals surface area (Å²) >= 11 is 1.99. The lowest BCUT2D eigenvalue weighted by Crippen LogP contribution is -2.07. The van der Waals surface area contributed by atoms with Gasteiger partial charge >= 0.3 is 0 Å². The van der Waals surface area contributed by atoms with E-state index in [4.69, 9.17) is 0 Å². The van der Waals surface area contributed by atoms with Gasteiger partial charge in [0.05, 0.1) is 0 Å². The molecule has 0 nitrogen and oxygen atoms in total. The fourth-order valence-electron chi connectivity index (χ4n) is 6.05. The normalized spacial score (nSPS) is 17.0. The van der Waals surface area contributed by atoms with Gasteiger partial charge in [-0.25, -0.2) is 0 Å². The van der Waals surface area contributed by atoms with Gasteiger partial charge in [0.2, 0.25) is 0 Å². The van der Waals surface area contributed by atoms with Crippen LogP contribution in [0.1, 0.15) is 70.0 Å². The minimum Gasteiger partial charge on any atom is -0.121 e. The SMILES string of the molecule is C1=C(/c2ccc(C(c3ccccc3)c3ccccc3)cc2)SCc2ccccc2C(Cc2ccccc2)CCC/1. The van der Waals surface area contributed by atoms with E-state index in [1.165, 1.54) is 56.7 Å². The largest absolute Gasteiger partial charge is 0.121 e. The van der Waals surface area contributed by atoms with Crippen LogP contribution in [0, 0.1) is 0 Å². The van der Waals surface area contributed by atoms with Crippen molar-refractivity contribution in [3.63, 3.8) is 0 Å². The van der Waals surface area contributed by atoms with Crippen LogP contribution in [-0.2, 0) is 12.2 Å². The summed E-state index contributed by atoms with van der Waals surface area (Å²) in [4.78, 5) is 1.40. The molecule has 0 spiro atoms. The summed E-state index contributed by atoms with van der Waals surface area (Å²) in [5.74, 6) is 1.81. The maximum atomic E-state index is 2.49. The van der Waals surface area contributed by atoms with Crippen LogP contribution in [0.4, 0.5) is 0 Å². The maximum absolute atomic E-state index is 2.49. The van der Waals surface area contributed by atoms with Crippen molar-refractivity contribution >= 4 is 16.7 Å². The van der Waals surface area contributed by atoms with Gasteiger partial charge in [-0.15, -0.1) is 11.8 Å². The summed E-state index contributed by atoms with van der Waals surface area (Å²) in [6.45, 7) is 0. The van der Waals surface area contributed by atoms with Gasteiger partial charge in [0.25, 0.3) is 0 Å². The third-order valence-electron chi connectivity index (χ3n) is 8.08. The van der Waals surface area contributed by atoms with Crippen LogP contribution in [0.15, 0.2) is 146 Å². The fourth-order valence-corrected chi connectivity index (χ4v) is 7.16. The van der Waals surface area contributed by atoms with Crippen molar-refractivity contribution in [2.45, 2.75) is 43.3 Å². The Bertz CT molecular complexity index is 1480. The molecular formula is C39H36S. The third kappa shape index (κ3) is 6.32. The molecule has 5 aromatic carbocycles. The lowest BCUT2D eigenvalue weighted by Gasteiger charge is -2.23. The van der Waals surface area contributed by atoms with E-state index >= 15 is 0 Å². The van der Waals surface area contributed by atoms with Crippen molar-refractivity contribution in [3.05, 3.63) is 185 Å². The molecule has 1 aliphatic rings. The van der Waals surface area contributed by atoms with Gasteiger partial charge in [0.1, 0.15) is 0 Å². The number of allylic oxidation sites excluding steroid dienone is 1. The Morgan fingerprint density at radius 1 is 0.600 bits per heavy atom. The lowest BCUT2D eigenvalue weighted by atomic mass is 9.85. The fraction of sp³-hybridized carbons (Fsp3) is 0.179. The van der Waals surface area contributed by atoms with Crippen LogP contribution in [0.25, 0.3) is 4.91 Å². The molecule has 0 aromatic heterocycles. The highest BCUT2D eigenvalue weighted by atomic mass is 32.2. The molecule has 1 unspecified atom stereocenters. The van der Waals surface area contributed by atoms with Gasteiger partial charge in [-0.2, -0.15) is 0 Å². The van der Waals surface area contributed by atoms with Gasteiger partial charge in [-0.3, -0.25) is 0 Å². The molecule has 1 heteroatoms. The number of benzene rings is 5. The molecule has 40 heavy (non-hydrogen) atoms. The molecule has 0 aliphatic carbocycles. The highest BCUT2D eigenvalue weighted by Gasteiger charge is 2.19. The average Bonchev–Trinajstić information content (AvgIpc) is 3.02. The Labute approximate surface area is 243 Å². The second-order valence-corrected chi connectivity index (χ2v) is 11.8. The predicted molar refractivity (Wildman–Crippen MR) is 173 cm³/mol. The summed E-state index contributed by atoms with van der Waals surface area (Å²) in [6, 6.07) is 51.2. The molecule has 198 valence electrons. The van der Waals surface area contributed by atoms with Crippen LogP contribution in [0.2, 0.25) is 0 Å². The highest BCUT2D eigenvalue weighted by Crippen LogP contribution is 2.39. The summed E-state index contributed by atoms with van der Waals surface area (Å²) in [5, 5.41) is 0. The summed E-state index contributed by atoms with van der Waals surface area (Å²) < 4.78 is 0. The third-order valence-corrected chi connectivity index (χ3v) is 9.25. The molecule has 0 N–H and O–H groups in total. The van der Waals surface area contributed by atoms with Gasteiger partial charge in [-0.05, 0) is 70.5 Å². The van der Waals surface area contributed by atoms with Gasteiger partial charge in [0.15, 0.2) is 0 Å². The smallest absolute Gasteiger partial charge is 0.0339 e. The van der Waals surface area contributed by atoms with Gasteiger partial charge in [0, 0.05) is 16.6 Å². The average molecular weight is 537 g/mol. The van der Waals surface area contributed by atoms with Crippen LogP contribution >= 0.6 is 11.8 Å². The summed E-state index contributed by atoms with van der Waals surface area (Å²) in [7, 11) is 0. The minimum absolute atomic E-state index is 0.232. The van der Waals surface area contributed by atoms with Crippen LogP contribution in [0.5, 0.6) is 0 Å². The minimum atomic E-state index is 0.232. The van der Waals surface area contributed by atoms with Crippen molar-refractivity contribution < 1.29 is 0 Å². The molecule has 0 saturated heterocycles. The number of thioether (sulfide) groups is 1. The first-order valence-electron chi connectivity index (χ1n) is 14.5. The molecule has 0 amide bonds. The first-order chi connectivity index (χ1) is 19.8. The zero-order chi connectivity index (χ0) is 27.0. The zero-order valence-corrected chi connectivity index (χ0v) is 23.8. The maximum Gasteiger partial charge on any atom is 0.0339 e. The molecule has 1 heterocycles. The Balaban J connectivity index is 1.25. The number of hydrogen-bond donors (Lipinski definition) is 0. The van der Waals surface area contributed by atoms with E-state index in [1.807, 2.05) is 11.8 Å². The Morgan fingerprint density at radius 3 is 1.85 bits per heavy atom. The standard InChI is InChI=1S/C39H36S/c1-4-14-30(15-5-1)28-35-20-11-13-23-38(40-29-36-21-10-12-22-37(35)36)31-24-26-34(27-25-31)39(32-16-6-2-7-17-32)33-18-8-3-9-19-33/h1-10,12,14-19,21-27,35,39H,11,13,20,28-29H2/b38-23-. The molecule has 1 aliphatic heterocycles. The first-order valence-corrected chi connectivity index (χ1v) is 15.5. The van der Waals surface area contributed by atoms with Gasteiger partial charge < -0.3 is 0 Å². The second-order valence-electron chi connectivity index (χ2n) is 10.7. The molecule has 1 atom stereocenters. The predicted octanol–water partition coefficient (Wildman–Crippen LogP) is 10.7. The second kappa shape index (κ2) is 13.0. The number of rotatable bonds is 6. The van der Waals surface area contributed by atoms with Crippen LogP contribution in [0.3, 0.4) is 0 Å². The Morgan fingerprint density at radius 2 is 1.18 bits per heavy atom. The molecule has 6 rings (SSSR count). The molecule has 0 bridgehead atoms. The molecule has 0 fully saturated rings. The van der Waals surface area contributed by atoms with Gasteiger partial charge in [-0.1, -0.05) is 146 Å². The van der Waals surface area contributed by atoms with Crippen molar-refractivity contribution in [1.82, 2.24) is 0 Å². The van der Waals surface area contributed by atoms with Crippen LogP contribution < -0.4 is 0 Å². The van der Waals surface area contributed by atoms with E-state index in [0.29, 0.717) is 5.92 Å². The summed E-state index contributed by atoms with van der Waals surface area (Å²) in [6.07, 6.45) is 7.14. The molecule has 0 radical (unpaired) electrons. The first kappa shape index (κ1) is 26.4. The quantitative estimate of drug-likeness (QED) is 0.194. The highest BCUT2D eigenvalue weighted by molar-refractivity contribution is 8.07. The Hall–Kier alpha value is -3.81. The monoisotopic (exact) mass is 536 g/mol. The van der Waals surface area contributed by atoms with Crippen molar-refractivity contribution in [3.8, 4) is 0 Å². The lowest BCUT2D eigenvalue weighted by molar-refractivity contribution is 0.590. The molecule has 5 aromatic rings. The molecule has 0 saturated carbocycles. The van der Waals surface area contributed by atoms with Crippen molar-refractivity contribution in [1.29, 1.82) is 0 Å². The van der Waals surface area contributed by atoms with E-state index in [2.05, 4.69) is 146 Å². The van der Waals surface area contributed by atoms with E-state index in [9.17, 15) is 0 Å². The topological polar surface area (TPSA) is 0 Å². The summed E-state index contributed by atoms with van der Waals surface area (Å²) in [5.41, 5.74) is 9.77. The van der Waals surface area contributed by atoms with E-state index in [-0.39, 0.29) is 5.92 Å². The molecular weight excluding hydrogens is 500 g/mol. The van der Waals surface area contributed by atoms with E-state index < -0.39 is 0 Å². The van der Waals surface area contributed by atoms with Crippen molar-refractivity contribution in [2.24, 2.45) is 0 Å². The zero-order valence-electron chi connectivity index (χ0n) is 23.0. The Kier molecular flexibility index (Phi) is 8.60. The van der Waals surface area contributed by atoms with E-state index in [0.717, 1.165) is 18.6 Å². The van der Waals surface area contributed by atoms with E-state index in [1.54, 1.807) is 0 Å². The number of fused-ring (bicyclic) bond motifs is 1. The van der Waals surface area contributed by atoms with Crippen molar-refractivity contribution in [2.75, 3.05) is 0 Å². The number of hydrogen-bond acceptors (Lipinski definition) is 1.